The summed E-state index contributed by atoms with van der Waals surface area (Å²) >= 11 is 0. The number of rotatable bonds is 13. The number of cyclic esters (lactones) is 1. The molecule has 0 aromatic carbocycles. The van der Waals surface area contributed by atoms with Crippen LogP contribution in [0, 0.1) is 0 Å². The van der Waals surface area contributed by atoms with E-state index in [0.717, 1.165) is 12.8 Å². The molecule has 1 saturated heterocycles. The van der Waals surface area contributed by atoms with E-state index < -0.39 is 12.1 Å². The summed E-state index contributed by atoms with van der Waals surface area (Å²) in [4.78, 5) is 22.7. The van der Waals surface area contributed by atoms with E-state index >= 15 is 0 Å². The Labute approximate surface area is 134 Å². The van der Waals surface area contributed by atoms with Crippen LogP contribution in [-0.2, 0) is 19.1 Å². The fourth-order valence-corrected chi connectivity index (χ4v) is 2.74. The van der Waals surface area contributed by atoms with Crippen molar-refractivity contribution in [3.8, 4) is 0 Å². The molecular formula is C18H32O4. The van der Waals surface area contributed by atoms with Crippen molar-refractivity contribution < 1.29 is 19.1 Å². The van der Waals surface area contributed by atoms with Crippen LogP contribution in [0.1, 0.15) is 90.4 Å². The van der Waals surface area contributed by atoms with Crippen molar-refractivity contribution in [1.82, 2.24) is 0 Å². The van der Waals surface area contributed by atoms with Gasteiger partial charge in [0.1, 0.15) is 0 Å². The Kier molecular flexibility index (Phi) is 10.8. The third kappa shape index (κ3) is 9.06. The van der Waals surface area contributed by atoms with Gasteiger partial charge in [-0.05, 0) is 6.42 Å². The molecule has 4 heteroatoms. The van der Waals surface area contributed by atoms with Crippen molar-refractivity contribution in [3.63, 3.8) is 0 Å². The monoisotopic (exact) mass is 312 g/mol. The highest BCUT2D eigenvalue weighted by Crippen LogP contribution is 2.14. The molecular weight excluding hydrogens is 280 g/mol. The van der Waals surface area contributed by atoms with E-state index in [0.29, 0.717) is 19.4 Å². The average Bonchev–Trinajstić information content (AvgIpc) is 2.90. The van der Waals surface area contributed by atoms with Crippen LogP contribution in [0.25, 0.3) is 0 Å². The van der Waals surface area contributed by atoms with Gasteiger partial charge in [0.25, 0.3) is 0 Å². The highest BCUT2D eigenvalue weighted by molar-refractivity contribution is 5.80. The summed E-state index contributed by atoms with van der Waals surface area (Å²) in [6, 6.07) is 0. The van der Waals surface area contributed by atoms with E-state index in [1.54, 1.807) is 0 Å². The molecule has 1 aliphatic rings. The number of carbonyl (C=O) groups excluding carboxylic acids is 2. The van der Waals surface area contributed by atoms with Gasteiger partial charge in [0, 0.05) is 12.8 Å². The van der Waals surface area contributed by atoms with E-state index in [1.807, 2.05) is 0 Å². The summed E-state index contributed by atoms with van der Waals surface area (Å²) in [5.41, 5.74) is 0. The zero-order valence-electron chi connectivity index (χ0n) is 14.1. The second kappa shape index (κ2) is 12.5. The predicted octanol–water partition coefficient (Wildman–Crippen LogP) is 4.55. The second-order valence-electron chi connectivity index (χ2n) is 6.22. The maximum atomic E-state index is 11.6. The fraction of sp³-hybridized carbons (Fsp3) is 0.889. The van der Waals surface area contributed by atoms with Crippen LogP contribution in [-0.4, -0.2) is 24.6 Å². The lowest BCUT2D eigenvalue weighted by atomic mass is 10.1. The summed E-state index contributed by atoms with van der Waals surface area (Å²) in [5.74, 6) is -0.660. The second-order valence-corrected chi connectivity index (χ2v) is 6.22. The molecule has 0 N–H and O–H groups in total. The van der Waals surface area contributed by atoms with Crippen molar-refractivity contribution in [2.24, 2.45) is 0 Å². The molecule has 0 spiro atoms. The molecule has 1 heterocycles. The predicted molar refractivity (Wildman–Crippen MR) is 86.5 cm³/mol. The molecule has 0 aromatic heterocycles. The summed E-state index contributed by atoms with van der Waals surface area (Å²) < 4.78 is 9.86. The van der Waals surface area contributed by atoms with Gasteiger partial charge in [0.05, 0.1) is 6.61 Å². The molecule has 1 aliphatic heterocycles. The minimum Gasteiger partial charge on any atom is -0.463 e. The Bertz CT molecular complexity index is 314. The number of carbonyl (C=O) groups is 2. The Morgan fingerprint density at radius 2 is 1.55 bits per heavy atom. The SMILES string of the molecule is CCCCCCCCCCCCCC(=O)O[C@H]1CCOC1=O. The average molecular weight is 312 g/mol. The Hall–Kier alpha value is -1.06. The third-order valence-electron chi connectivity index (χ3n) is 4.15. The maximum Gasteiger partial charge on any atom is 0.347 e. The number of hydrogen-bond acceptors (Lipinski definition) is 4. The number of unbranched alkanes of at least 4 members (excludes halogenated alkanes) is 10. The van der Waals surface area contributed by atoms with Crippen LogP contribution in [0.5, 0.6) is 0 Å². The Balaban J connectivity index is 1.83. The van der Waals surface area contributed by atoms with Gasteiger partial charge < -0.3 is 9.47 Å². The largest absolute Gasteiger partial charge is 0.463 e. The summed E-state index contributed by atoms with van der Waals surface area (Å²) in [6.45, 7) is 2.62. The van der Waals surface area contributed by atoms with Crippen LogP contribution in [0.15, 0.2) is 0 Å². The third-order valence-corrected chi connectivity index (χ3v) is 4.15. The molecule has 0 amide bonds. The van der Waals surface area contributed by atoms with Crippen LogP contribution in [0.4, 0.5) is 0 Å². The fourth-order valence-electron chi connectivity index (χ4n) is 2.74. The quantitative estimate of drug-likeness (QED) is 0.370. The normalized spacial score (nSPS) is 17.5. The Morgan fingerprint density at radius 3 is 2.05 bits per heavy atom. The molecule has 1 rings (SSSR count). The van der Waals surface area contributed by atoms with Gasteiger partial charge >= 0.3 is 11.9 Å². The summed E-state index contributed by atoms with van der Waals surface area (Å²) in [7, 11) is 0. The molecule has 0 aromatic rings. The topological polar surface area (TPSA) is 52.6 Å². The summed E-state index contributed by atoms with van der Waals surface area (Å²) in [5, 5.41) is 0. The molecule has 0 bridgehead atoms. The van der Waals surface area contributed by atoms with Crippen LogP contribution in [0.2, 0.25) is 0 Å². The highest BCUT2D eigenvalue weighted by atomic mass is 16.6. The van der Waals surface area contributed by atoms with Crippen molar-refractivity contribution >= 4 is 11.9 Å². The zero-order chi connectivity index (χ0) is 16.0. The van der Waals surface area contributed by atoms with E-state index in [1.165, 1.54) is 57.8 Å². The van der Waals surface area contributed by atoms with Gasteiger partial charge in [0.2, 0.25) is 6.10 Å². The Morgan fingerprint density at radius 1 is 1.00 bits per heavy atom. The number of hydrogen-bond donors (Lipinski definition) is 0. The van der Waals surface area contributed by atoms with Gasteiger partial charge in [-0.1, -0.05) is 71.1 Å². The maximum absolute atomic E-state index is 11.6. The minimum absolute atomic E-state index is 0.264. The van der Waals surface area contributed by atoms with Crippen molar-refractivity contribution in [2.75, 3.05) is 6.61 Å². The van der Waals surface area contributed by atoms with E-state index in [2.05, 4.69) is 6.92 Å². The van der Waals surface area contributed by atoms with E-state index in [4.69, 9.17) is 9.47 Å². The molecule has 1 fully saturated rings. The smallest absolute Gasteiger partial charge is 0.347 e. The lowest BCUT2D eigenvalue weighted by Crippen LogP contribution is -2.22. The van der Waals surface area contributed by atoms with Crippen molar-refractivity contribution in [1.29, 1.82) is 0 Å². The molecule has 0 radical (unpaired) electrons. The van der Waals surface area contributed by atoms with Gasteiger partial charge in [0.15, 0.2) is 0 Å². The molecule has 0 unspecified atom stereocenters. The first kappa shape index (κ1) is 19.0. The van der Waals surface area contributed by atoms with E-state index in [-0.39, 0.29) is 5.97 Å². The van der Waals surface area contributed by atoms with Crippen LogP contribution in [0.3, 0.4) is 0 Å². The van der Waals surface area contributed by atoms with Crippen molar-refractivity contribution in [2.45, 2.75) is 96.5 Å². The zero-order valence-corrected chi connectivity index (χ0v) is 14.1. The van der Waals surface area contributed by atoms with E-state index in [9.17, 15) is 9.59 Å². The van der Waals surface area contributed by atoms with Gasteiger partial charge in [-0.3, -0.25) is 4.79 Å². The first-order chi connectivity index (χ1) is 10.7. The number of esters is 2. The van der Waals surface area contributed by atoms with Gasteiger partial charge in [-0.25, -0.2) is 4.79 Å². The van der Waals surface area contributed by atoms with Crippen molar-refractivity contribution in [3.05, 3.63) is 0 Å². The van der Waals surface area contributed by atoms with Crippen LogP contribution >= 0.6 is 0 Å². The molecule has 4 nitrogen and oxygen atoms in total. The standard InChI is InChI=1S/C18H32O4/c1-2-3-4-5-6-7-8-9-10-11-12-13-17(19)22-16-14-15-21-18(16)20/h16H,2-15H2,1H3/t16-/m0/s1. The molecule has 0 aliphatic carbocycles. The van der Waals surface area contributed by atoms with Gasteiger partial charge in [-0.15, -0.1) is 0 Å². The molecule has 128 valence electrons. The lowest BCUT2D eigenvalue weighted by Gasteiger charge is -2.08. The first-order valence-corrected chi connectivity index (χ1v) is 9.10. The first-order valence-electron chi connectivity index (χ1n) is 9.10. The molecule has 1 atom stereocenters. The lowest BCUT2D eigenvalue weighted by molar-refractivity contribution is -0.160. The highest BCUT2D eigenvalue weighted by Gasteiger charge is 2.29. The molecule has 0 saturated carbocycles. The van der Waals surface area contributed by atoms with Gasteiger partial charge in [-0.2, -0.15) is 0 Å². The molecule has 22 heavy (non-hydrogen) atoms. The minimum atomic E-state index is -0.653. The number of ether oxygens (including phenoxy) is 2. The summed E-state index contributed by atoms with van der Waals surface area (Å²) in [6.07, 6.45) is 14.1. The van der Waals surface area contributed by atoms with Crippen LogP contribution < -0.4 is 0 Å².